The number of hydrogen-bond donors (Lipinski definition) is 1. The van der Waals surface area contributed by atoms with Crippen LogP contribution >= 0.6 is 11.3 Å². The van der Waals surface area contributed by atoms with Crippen LogP contribution in [0.5, 0.6) is 0 Å². The summed E-state index contributed by atoms with van der Waals surface area (Å²) < 4.78 is 0. The van der Waals surface area contributed by atoms with E-state index in [1.54, 1.807) is 14.1 Å². The van der Waals surface area contributed by atoms with Gasteiger partial charge >= 0.3 is 0 Å². The Hall–Kier alpha value is -1.23. The second-order valence-electron chi connectivity index (χ2n) is 3.58. The van der Waals surface area contributed by atoms with E-state index in [0.29, 0.717) is 10.6 Å². The van der Waals surface area contributed by atoms with Gasteiger partial charge in [-0.3, -0.25) is 4.79 Å². The molecule has 0 radical (unpaired) electrons. The number of hydrogen-bond acceptors (Lipinski definition) is 4. The molecule has 1 aromatic rings. The van der Waals surface area contributed by atoms with Crippen molar-refractivity contribution in [2.24, 2.45) is 0 Å². The molecule has 0 bridgehead atoms. The summed E-state index contributed by atoms with van der Waals surface area (Å²) in [6.07, 6.45) is 0. The minimum Gasteiger partial charge on any atom is -0.397 e. The van der Waals surface area contributed by atoms with Crippen LogP contribution in [0.1, 0.15) is 16.6 Å². The molecule has 0 atom stereocenters. The van der Waals surface area contributed by atoms with Gasteiger partial charge in [0.1, 0.15) is 4.88 Å². The molecule has 0 saturated heterocycles. The van der Waals surface area contributed by atoms with Gasteiger partial charge in [-0.25, -0.2) is 0 Å². The summed E-state index contributed by atoms with van der Waals surface area (Å²) in [5.74, 6) is -0.0340. The number of nitrogen functional groups attached to an aromatic ring is 1. The molecule has 15 heavy (non-hydrogen) atoms. The van der Waals surface area contributed by atoms with Crippen molar-refractivity contribution in [3.63, 3.8) is 0 Å². The summed E-state index contributed by atoms with van der Waals surface area (Å²) in [5, 5.41) is 1.03. The van der Waals surface area contributed by atoms with Crippen molar-refractivity contribution < 1.29 is 4.79 Å². The molecule has 0 saturated carbocycles. The predicted molar refractivity (Wildman–Crippen MR) is 65.7 cm³/mol. The highest BCUT2D eigenvalue weighted by molar-refractivity contribution is 7.18. The highest BCUT2D eigenvalue weighted by Gasteiger charge is 2.17. The van der Waals surface area contributed by atoms with Crippen LogP contribution in [-0.2, 0) is 0 Å². The molecular formula is C10H17N3OS. The third kappa shape index (κ3) is 2.41. The molecule has 1 amide bonds. The van der Waals surface area contributed by atoms with Crippen molar-refractivity contribution in [1.82, 2.24) is 4.90 Å². The number of carbonyl (C=O) groups is 1. The first-order valence-electron chi connectivity index (χ1n) is 4.79. The lowest BCUT2D eigenvalue weighted by Crippen LogP contribution is -2.21. The number of amides is 1. The third-order valence-corrected chi connectivity index (χ3v) is 3.45. The van der Waals surface area contributed by atoms with Gasteiger partial charge in [0.2, 0.25) is 0 Å². The van der Waals surface area contributed by atoms with Crippen molar-refractivity contribution in [3.8, 4) is 0 Å². The molecular weight excluding hydrogens is 210 g/mol. The number of thiophene rings is 1. The summed E-state index contributed by atoms with van der Waals surface area (Å²) in [6.45, 7) is 2.96. The molecule has 2 N–H and O–H groups in total. The standard InChI is InChI=1S/C10H17N3OS/c1-5-13(4)8-6-7(11)9(15-8)10(14)12(2)3/h6H,5,11H2,1-4H3. The Bertz CT molecular complexity index is 360. The molecule has 5 heteroatoms. The molecule has 0 aliphatic rings. The first-order valence-corrected chi connectivity index (χ1v) is 5.61. The molecule has 1 heterocycles. The third-order valence-electron chi connectivity index (χ3n) is 2.20. The van der Waals surface area contributed by atoms with Crippen LogP contribution in [0.3, 0.4) is 0 Å². The topological polar surface area (TPSA) is 49.6 Å². The van der Waals surface area contributed by atoms with E-state index in [1.807, 2.05) is 13.1 Å². The normalized spacial score (nSPS) is 10.1. The molecule has 0 aliphatic carbocycles. The molecule has 0 aliphatic heterocycles. The molecule has 0 aromatic carbocycles. The van der Waals surface area contributed by atoms with Crippen LogP contribution in [0.15, 0.2) is 6.07 Å². The SMILES string of the molecule is CCN(C)c1cc(N)c(C(=O)N(C)C)s1. The average Bonchev–Trinajstić information content (AvgIpc) is 2.57. The molecule has 1 rings (SSSR count). The zero-order valence-electron chi connectivity index (χ0n) is 9.57. The highest BCUT2D eigenvalue weighted by Crippen LogP contribution is 2.31. The minimum atomic E-state index is -0.0340. The van der Waals surface area contributed by atoms with Gasteiger partial charge in [-0.2, -0.15) is 0 Å². The molecule has 0 unspecified atom stereocenters. The van der Waals surface area contributed by atoms with Crippen LogP contribution in [0.25, 0.3) is 0 Å². The smallest absolute Gasteiger partial charge is 0.265 e. The second-order valence-corrected chi connectivity index (χ2v) is 4.61. The Balaban J connectivity index is 3.01. The number of nitrogens with two attached hydrogens (primary N) is 1. The van der Waals surface area contributed by atoms with Gasteiger partial charge in [0.15, 0.2) is 0 Å². The second kappa shape index (κ2) is 4.53. The van der Waals surface area contributed by atoms with E-state index < -0.39 is 0 Å². The lowest BCUT2D eigenvalue weighted by molar-refractivity contribution is 0.0833. The van der Waals surface area contributed by atoms with Crippen molar-refractivity contribution in [2.45, 2.75) is 6.92 Å². The number of nitrogens with zero attached hydrogens (tertiary/aromatic N) is 2. The number of rotatable bonds is 3. The van der Waals surface area contributed by atoms with Gasteiger partial charge < -0.3 is 15.5 Å². The fraction of sp³-hybridized carbons (Fsp3) is 0.500. The molecule has 0 spiro atoms. The van der Waals surface area contributed by atoms with Crippen LogP contribution in [0.2, 0.25) is 0 Å². The Labute approximate surface area is 94.3 Å². The van der Waals surface area contributed by atoms with E-state index in [4.69, 9.17) is 5.73 Å². The molecule has 4 nitrogen and oxygen atoms in total. The Kier molecular flexibility index (Phi) is 3.57. The molecule has 1 aromatic heterocycles. The van der Waals surface area contributed by atoms with Crippen LogP contribution in [-0.4, -0.2) is 38.5 Å². The zero-order chi connectivity index (χ0) is 11.6. The van der Waals surface area contributed by atoms with Gasteiger partial charge in [0.05, 0.1) is 10.7 Å². The van der Waals surface area contributed by atoms with Crippen molar-refractivity contribution >= 4 is 27.9 Å². The summed E-state index contributed by atoms with van der Waals surface area (Å²) in [5.41, 5.74) is 6.37. The zero-order valence-corrected chi connectivity index (χ0v) is 10.4. The quantitative estimate of drug-likeness (QED) is 0.851. The van der Waals surface area contributed by atoms with E-state index in [2.05, 4.69) is 11.8 Å². The summed E-state index contributed by atoms with van der Waals surface area (Å²) >= 11 is 1.44. The Morgan fingerprint density at radius 2 is 2.07 bits per heavy atom. The lowest BCUT2D eigenvalue weighted by Gasteiger charge is -2.13. The first-order chi connectivity index (χ1) is 6.97. The largest absolute Gasteiger partial charge is 0.397 e. The maximum atomic E-state index is 11.7. The fourth-order valence-electron chi connectivity index (χ4n) is 1.11. The predicted octanol–water partition coefficient (Wildman–Crippen LogP) is 1.49. The maximum Gasteiger partial charge on any atom is 0.265 e. The van der Waals surface area contributed by atoms with E-state index >= 15 is 0 Å². The van der Waals surface area contributed by atoms with Gasteiger partial charge in [0.25, 0.3) is 5.91 Å². The first kappa shape index (κ1) is 11.8. The van der Waals surface area contributed by atoms with Gasteiger partial charge in [-0.15, -0.1) is 11.3 Å². The van der Waals surface area contributed by atoms with E-state index in [1.165, 1.54) is 16.2 Å². The van der Waals surface area contributed by atoms with Crippen LogP contribution in [0, 0.1) is 0 Å². The summed E-state index contributed by atoms with van der Waals surface area (Å²) in [4.78, 5) is 16.0. The van der Waals surface area contributed by atoms with E-state index in [-0.39, 0.29) is 5.91 Å². The number of carbonyl (C=O) groups excluding carboxylic acids is 1. The van der Waals surface area contributed by atoms with Gasteiger partial charge in [-0.05, 0) is 13.0 Å². The van der Waals surface area contributed by atoms with Crippen molar-refractivity contribution in [2.75, 3.05) is 38.3 Å². The minimum absolute atomic E-state index is 0.0340. The molecule has 0 fully saturated rings. The van der Waals surface area contributed by atoms with Crippen LogP contribution < -0.4 is 10.6 Å². The fourth-order valence-corrected chi connectivity index (χ4v) is 2.23. The van der Waals surface area contributed by atoms with E-state index in [0.717, 1.165) is 11.5 Å². The summed E-state index contributed by atoms with van der Waals surface area (Å²) in [6, 6.07) is 1.85. The monoisotopic (exact) mass is 227 g/mol. The average molecular weight is 227 g/mol. The highest BCUT2D eigenvalue weighted by atomic mass is 32.1. The molecule has 84 valence electrons. The Morgan fingerprint density at radius 3 is 2.53 bits per heavy atom. The van der Waals surface area contributed by atoms with Crippen molar-refractivity contribution in [3.05, 3.63) is 10.9 Å². The lowest BCUT2D eigenvalue weighted by atomic mass is 10.3. The maximum absolute atomic E-state index is 11.7. The number of anilines is 2. The Morgan fingerprint density at radius 1 is 1.47 bits per heavy atom. The van der Waals surface area contributed by atoms with Gasteiger partial charge in [-0.1, -0.05) is 0 Å². The van der Waals surface area contributed by atoms with E-state index in [9.17, 15) is 4.79 Å². The van der Waals surface area contributed by atoms with Crippen molar-refractivity contribution in [1.29, 1.82) is 0 Å². The van der Waals surface area contributed by atoms with Gasteiger partial charge in [0, 0.05) is 27.7 Å². The summed E-state index contributed by atoms with van der Waals surface area (Å²) in [7, 11) is 5.44. The van der Waals surface area contributed by atoms with Crippen LogP contribution in [0.4, 0.5) is 10.7 Å².